The lowest BCUT2D eigenvalue weighted by Crippen LogP contribution is -2.49. The van der Waals surface area contributed by atoms with Crippen LogP contribution in [-0.4, -0.2) is 60.9 Å². The highest BCUT2D eigenvalue weighted by Crippen LogP contribution is 2.47. The number of rotatable bonds is 3. The number of halogens is 1. The quantitative estimate of drug-likeness (QED) is 0.326. The van der Waals surface area contributed by atoms with Crippen molar-refractivity contribution in [1.82, 2.24) is 10.0 Å². The maximum absolute atomic E-state index is 14.4. The Balaban J connectivity index is 1.28. The van der Waals surface area contributed by atoms with E-state index in [2.05, 4.69) is 43.6 Å². The van der Waals surface area contributed by atoms with Crippen molar-refractivity contribution in [3.8, 4) is 5.75 Å². The van der Waals surface area contributed by atoms with E-state index in [1.165, 1.54) is 11.1 Å². The number of nitrogens with one attached hydrogen (secondary N) is 2. The molecule has 9 nitrogen and oxygen atoms in total. The number of hydrogen-bond donors (Lipinski definition) is 2. The van der Waals surface area contributed by atoms with Crippen LogP contribution in [0.4, 0.5) is 10.5 Å². The number of methoxy groups -OCH3 is 1. The van der Waals surface area contributed by atoms with Gasteiger partial charge in [-0.25, -0.2) is 9.00 Å². The van der Waals surface area contributed by atoms with Crippen LogP contribution < -0.4 is 19.7 Å². The number of nitrogens with zero attached hydrogens (tertiary/aromatic N) is 2. The van der Waals surface area contributed by atoms with Gasteiger partial charge in [-0.15, -0.1) is 4.36 Å². The Morgan fingerprint density at radius 2 is 1.96 bits per heavy atom. The molecule has 1 spiro atoms. The highest BCUT2D eigenvalue weighted by atomic mass is 35.5. The van der Waals surface area contributed by atoms with E-state index in [4.69, 9.17) is 21.1 Å². The Morgan fingerprint density at radius 3 is 2.73 bits per heavy atom. The summed E-state index contributed by atoms with van der Waals surface area (Å²) in [6.07, 6.45) is 13.9. The lowest BCUT2D eigenvalue weighted by Gasteiger charge is -2.46. The minimum atomic E-state index is -3.44. The number of amides is 3. The van der Waals surface area contributed by atoms with E-state index in [1.807, 2.05) is 25.1 Å². The molecule has 0 radical (unpaired) electrons. The minimum absolute atomic E-state index is 0.0367. The third-order valence-corrected chi connectivity index (χ3v) is 13.7. The third kappa shape index (κ3) is 7.38. The fraction of sp³-hybridized carbons (Fsp3) is 0.579. The molecule has 3 amide bonds. The molecule has 49 heavy (non-hydrogen) atoms. The maximum Gasteiger partial charge on any atom is 0.327 e. The molecule has 6 atom stereocenters. The summed E-state index contributed by atoms with van der Waals surface area (Å²) in [4.78, 5) is 29.4. The molecule has 2 bridgehead atoms. The molecule has 2 heterocycles. The van der Waals surface area contributed by atoms with Crippen molar-refractivity contribution in [2.75, 3.05) is 37.5 Å². The first-order valence-corrected chi connectivity index (χ1v) is 20.1. The molecule has 7 rings (SSSR count). The van der Waals surface area contributed by atoms with E-state index >= 15 is 0 Å². The number of ether oxygens (including phenoxy) is 2. The second-order valence-corrected chi connectivity index (χ2v) is 17.5. The average Bonchev–Trinajstić information content (AvgIpc) is 3.51. The van der Waals surface area contributed by atoms with Gasteiger partial charge in [-0.3, -0.25) is 9.52 Å². The molecule has 0 aromatic heterocycles. The van der Waals surface area contributed by atoms with Gasteiger partial charge >= 0.3 is 6.03 Å². The maximum atomic E-state index is 14.4. The van der Waals surface area contributed by atoms with Crippen LogP contribution in [0.15, 0.2) is 52.9 Å². The number of aryl methyl sites for hydroxylation is 1. The van der Waals surface area contributed by atoms with E-state index < -0.39 is 21.9 Å². The predicted octanol–water partition coefficient (Wildman–Crippen LogP) is 7.22. The molecular weight excluding hydrogens is 660 g/mol. The molecule has 11 heteroatoms. The third-order valence-electron chi connectivity index (χ3n) is 11.5. The van der Waals surface area contributed by atoms with Gasteiger partial charge < -0.3 is 19.7 Å². The molecule has 2 aromatic rings. The lowest BCUT2D eigenvalue weighted by atomic mass is 9.68. The summed E-state index contributed by atoms with van der Waals surface area (Å²) >= 11 is 6.45. The number of anilines is 1. The Morgan fingerprint density at radius 1 is 1.12 bits per heavy atom. The topological polar surface area (TPSA) is 109 Å². The van der Waals surface area contributed by atoms with Crippen molar-refractivity contribution < 1.29 is 23.3 Å². The Labute approximate surface area is 295 Å². The molecule has 2 aliphatic heterocycles. The van der Waals surface area contributed by atoms with Gasteiger partial charge in [-0.1, -0.05) is 49.6 Å². The van der Waals surface area contributed by atoms with Gasteiger partial charge in [-0.2, -0.15) is 0 Å². The van der Waals surface area contributed by atoms with Crippen molar-refractivity contribution in [3.63, 3.8) is 0 Å². The van der Waals surface area contributed by atoms with Gasteiger partial charge in [0.05, 0.1) is 24.2 Å². The van der Waals surface area contributed by atoms with Gasteiger partial charge in [0.15, 0.2) is 0 Å². The smallest absolute Gasteiger partial charge is 0.327 e. The van der Waals surface area contributed by atoms with Crippen LogP contribution in [0.3, 0.4) is 0 Å². The average molecular weight is 709 g/mol. The highest BCUT2D eigenvalue weighted by Gasteiger charge is 2.44. The number of benzene rings is 2. The van der Waals surface area contributed by atoms with Crippen LogP contribution in [0.2, 0.25) is 5.02 Å². The zero-order chi connectivity index (χ0) is 34.2. The van der Waals surface area contributed by atoms with Gasteiger partial charge in [-0.05, 0) is 111 Å². The van der Waals surface area contributed by atoms with Crippen LogP contribution >= 0.6 is 11.6 Å². The Hall–Kier alpha value is -3.08. The fourth-order valence-electron chi connectivity index (χ4n) is 8.80. The molecule has 5 aliphatic rings. The summed E-state index contributed by atoms with van der Waals surface area (Å²) in [7, 11) is -1.67. The monoisotopic (exact) mass is 708 g/mol. The summed E-state index contributed by atoms with van der Waals surface area (Å²) in [6.45, 7) is 4.02. The zero-order valence-corrected chi connectivity index (χ0v) is 30.2. The molecule has 2 aromatic carbocycles. The predicted molar refractivity (Wildman–Crippen MR) is 194 cm³/mol. The molecule has 0 saturated heterocycles. The van der Waals surface area contributed by atoms with Crippen molar-refractivity contribution in [2.45, 2.75) is 88.7 Å². The van der Waals surface area contributed by atoms with Crippen molar-refractivity contribution >= 4 is 39.1 Å². The second-order valence-electron chi connectivity index (χ2n) is 15.0. The summed E-state index contributed by atoms with van der Waals surface area (Å²) < 4.78 is 34.0. The number of urea groups is 1. The molecule has 1 unspecified atom stereocenters. The van der Waals surface area contributed by atoms with E-state index in [0.29, 0.717) is 30.4 Å². The van der Waals surface area contributed by atoms with Crippen molar-refractivity contribution in [2.24, 2.45) is 22.1 Å². The van der Waals surface area contributed by atoms with E-state index in [0.717, 1.165) is 87.3 Å². The number of fused-ring (bicyclic) bond motifs is 4. The molecular formula is C38H49ClN4O5S. The van der Waals surface area contributed by atoms with Gasteiger partial charge in [0.2, 0.25) is 0 Å². The first-order chi connectivity index (χ1) is 23.6. The number of hydrogen-bond acceptors (Lipinski definition) is 6. The second kappa shape index (κ2) is 14.3. The van der Waals surface area contributed by atoms with Crippen LogP contribution in [0, 0.1) is 17.8 Å². The van der Waals surface area contributed by atoms with Gasteiger partial charge in [0, 0.05) is 42.2 Å². The molecule has 2 saturated carbocycles. The molecule has 264 valence electrons. The lowest BCUT2D eigenvalue weighted by molar-refractivity contribution is 0.0131. The Bertz CT molecular complexity index is 1730. The van der Waals surface area contributed by atoms with Crippen LogP contribution in [-0.2, 0) is 26.5 Å². The summed E-state index contributed by atoms with van der Waals surface area (Å²) in [5.74, 6) is 0.823. The number of carbonyl (C=O) groups is 2. The molecule has 2 fully saturated rings. The van der Waals surface area contributed by atoms with E-state index in [-0.39, 0.29) is 29.2 Å². The van der Waals surface area contributed by atoms with Crippen LogP contribution in [0.25, 0.3) is 0 Å². The molecule has 3 aliphatic carbocycles. The number of carbonyl (C=O) groups excluding carboxylic acids is 2. The first kappa shape index (κ1) is 34.4. The Kier molecular flexibility index (Phi) is 10.0. The normalized spacial score (nSPS) is 32.5. The summed E-state index contributed by atoms with van der Waals surface area (Å²) in [5.41, 5.74) is 3.48. The van der Waals surface area contributed by atoms with Gasteiger partial charge in [0.1, 0.15) is 15.7 Å². The van der Waals surface area contributed by atoms with E-state index in [1.54, 1.807) is 13.2 Å². The van der Waals surface area contributed by atoms with Crippen molar-refractivity contribution in [3.05, 3.63) is 70.3 Å². The zero-order valence-electron chi connectivity index (χ0n) is 28.6. The first-order valence-electron chi connectivity index (χ1n) is 18.0. The summed E-state index contributed by atoms with van der Waals surface area (Å²) in [5, 5.41) is 3.70. The highest BCUT2D eigenvalue weighted by molar-refractivity contribution is 7.92. The van der Waals surface area contributed by atoms with E-state index in [9.17, 15) is 13.8 Å². The largest absolute Gasteiger partial charge is 0.490 e. The van der Waals surface area contributed by atoms with Crippen LogP contribution in [0.5, 0.6) is 5.75 Å². The standard InChI is InChI=1S/C38H49ClN4O5S/c1-25-7-5-11-34(47-2)31-15-12-28(31)21-43-23-38(18-6-8-26-19-29(39)14-16-32(26)38)24-48-35-17-13-27(20-33(35)43)36(44)41-49(46,22-25)42-37(45)40-30-9-3-4-10-30/h5,11,13-14,16-17,19-20,25,28,30-31,34H,3-4,6-10,12,15,18,21-24H2,1-2H3,(H2,40,41,42,44,45,46)/b11-5+/t25-,28-,31+,34-,38-,49?/m0/s1. The number of allylic oxidation sites excluding steroid dienone is 1. The van der Waals surface area contributed by atoms with Crippen molar-refractivity contribution in [1.29, 1.82) is 0 Å². The van der Waals surface area contributed by atoms with Gasteiger partial charge in [0.25, 0.3) is 5.91 Å². The SMILES string of the molecule is CO[C@H]1/C=C/C[C@H](C)CS(=O)(NC(=O)NC2CCCC2)=NC(=O)c2ccc3c(c2)N(C[C@@H]2CC[C@H]21)C[C@@]1(CCCc2cc(Cl)ccc21)CO3. The summed E-state index contributed by atoms with van der Waals surface area (Å²) in [6, 6.07) is 11.2. The fourth-order valence-corrected chi connectivity index (χ4v) is 10.8. The minimum Gasteiger partial charge on any atom is -0.490 e. The molecule has 2 N–H and O–H groups in total. The van der Waals surface area contributed by atoms with Crippen LogP contribution in [0.1, 0.15) is 86.2 Å².